The molecular weight excluding hydrogens is 350 g/mol. The number of benzene rings is 1. The zero-order valence-electron chi connectivity index (χ0n) is 17.1. The van der Waals surface area contributed by atoms with Gasteiger partial charge in [-0.1, -0.05) is 54.2 Å². The smallest absolute Gasteiger partial charge is 0.240 e. The van der Waals surface area contributed by atoms with Crippen LogP contribution in [-0.4, -0.2) is 39.3 Å². The summed E-state index contributed by atoms with van der Waals surface area (Å²) >= 11 is 0. The van der Waals surface area contributed by atoms with Crippen molar-refractivity contribution in [1.29, 1.82) is 0 Å². The molecule has 2 aromatic rings. The summed E-state index contributed by atoms with van der Waals surface area (Å²) in [6.07, 6.45) is 10.2. The first kappa shape index (κ1) is 19.6. The Morgan fingerprint density at radius 3 is 2.68 bits per heavy atom. The van der Waals surface area contributed by atoms with Gasteiger partial charge in [0.15, 0.2) is 5.82 Å². The zero-order chi connectivity index (χ0) is 19.4. The predicted molar refractivity (Wildman–Crippen MR) is 109 cm³/mol. The molecule has 1 saturated carbocycles. The molecule has 1 aromatic carbocycles. The van der Waals surface area contributed by atoms with Gasteiger partial charge in [-0.15, -0.1) is 0 Å². The number of aliphatic hydroxyl groups is 1. The minimum Gasteiger partial charge on any atom is -0.396 e. The van der Waals surface area contributed by atoms with Crippen molar-refractivity contribution in [2.24, 2.45) is 0 Å². The number of aliphatic hydroxyl groups excluding tert-OH is 1. The van der Waals surface area contributed by atoms with Gasteiger partial charge in [0.05, 0.1) is 12.0 Å². The summed E-state index contributed by atoms with van der Waals surface area (Å²) in [6.45, 7) is 4.21. The maximum absolute atomic E-state index is 9.19. The second-order valence-corrected chi connectivity index (χ2v) is 8.65. The van der Waals surface area contributed by atoms with E-state index < -0.39 is 0 Å². The van der Waals surface area contributed by atoms with Gasteiger partial charge in [-0.2, -0.15) is 4.98 Å². The molecule has 152 valence electrons. The fourth-order valence-electron chi connectivity index (χ4n) is 5.10. The van der Waals surface area contributed by atoms with Gasteiger partial charge >= 0.3 is 0 Å². The average molecular weight is 384 g/mol. The van der Waals surface area contributed by atoms with Crippen molar-refractivity contribution in [2.75, 3.05) is 13.2 Å². The van der Waals surface area contributed by atoms with Crippen LogP contribution in [0.4, 0.5) is 0 Å². The van der Waals surface area contributed by atoms with Gasteiger partial charge in [0.1, 0.15) is 0 Å². The van der Waals surface area contributed by atoms with E-state index >= 15 is 0 Å². The van der Waals surface area contributed by atoms with Gasteiger partial charge in [-0.05, 0) is 57.6 Å². The van der Waals surface area contributed by atoms with Gasteiger partial charge in [-0.25, -0.2) is 0 Å². The van der Waals surface area contributed by atoms with E-state index in [-0.39, 0.29) is 12.0 Å². The standard InChI is InChI=1S/C23H33N3O2/c1-18-9-11-19(12-10-18)23(13-3-4-14-23)22-24-21(28-25-22)17-26-15-5-2-7-20(26)8-6-16-27/h9-12,20,27H,2-8,13-17H2,1H3/t20-/m0/s1. The van der Waals surface area contributed by atoms with Crippen LogP contribution in [-0.2, 0) is 12.0 Å². The van der Waals surface area contributed by atoms with Gasteiger partial charge < -0.3 is 9.63 Å². The molecule has 0 radical (unpaired) electrons. The molecule has 1 aliphatic carbocycles. The molecule has 2 aliphatic rings. The minimum absolute atomic E-state index is 0.0896. The van der Waals surface area contributed by atoms with Crippen LogP contribution in [0.1, 0.15) is 80.6 Å². The number of hydrogen-bond acceptors (Lipinski definition) is 5. The van der Waals surface area contributed by atoms with Crippen molar-refractivity contribution in [3.63, 3.8) is 0 Å². The van der Waals surface area contributed by atoms with E-state index in [2.05, 4.69) is 41.2 Å². The van der Waals surface area contributed by atoms with Crippen LogP contribution >= 0.6 is 0 Å². The first-order valence-corrected chi connectivity index (χ1v) is 11.0. The van der Waals surface area contributed by atoms with E-state index in [0.717, 1.165) is 50.5 Å². The monoisotopic (exact) mass is 383 g/mol. The summed E-state index contributed by atoms with van der Waals surface area (Å²) in [4.78, 5) is 7.38. The SMILES string of the molecule is Cc1ccc(C2(c3noc(CN4CCCC[C@H]4CCCO)n3)CCCC2)cc1. The number of piperidine rings is 1. The van der Waals surface area contributed by atoms with Crippen LogP contribution in [0.2, 0.25) is 0 Å². The largest absolute Gasteiger partial charge is 0.396 e. The maximum Gasteiger partial charge on any atom is 0.240 e. The van der Waals surface area contributed by atoms with Crippen molar-refractivity contribution in [2.45, 2.75) is 82.7 Å². The zero-order valence-corrected chi connectivity index (χ0v) is 17.1. The quantitative estimate of drug-likeness (QED) is 0.769. The molecule has 2 heterocycles. The third-order valence-electron chi connectivity index (χ3n) is 6.74. The Morgan fingerprint density at radius 2 is 1.93 bits per heavy atom. The van der Waals surface area contributed by atoms with E-state index in [1.807, 2.05) is 0 Å². The summed E-state index contributed by atoms with van der Waals surface area (Å²) in [6, 6.07) is 9.39. The molecule has 0 spiro atoms. The summed E-state index contributed by atoms with van der Waals surface area (Å²) in [5.74, 6) is 1.61. The Labute approximate surface area is 168 Å². The van der Waals surface area contributed by atoms with Gasteiger partial charge in [0.25, 0.3) is 0 Å². The molecule has 4 rings (SSSR count). The molecule has 1 aromatic heterocycles. The summed E-state index contributed by atoms with van der Waals surface area (Å²) < 4.78 is 5.75. The molecule has 0 bridgehead atoms. The Bertz CT molecular complexity index is 749. The van der Waals surface area contributed by atoms with Crippen LogP contribution < -0.4 is 0 Å². The van der Waals surface area contributed by atoms with Crippen molar-refractivity contribution in [3.8, 4) is 0 Å². The van der Waals surface area contributed by atoms with Crippen molar-refractivity contribution >= 4 is 0 Å². The van der Waals surface area contributed by atoms with Gasteiger partial charge in [0, 0.05) is 12.6 Å². The summed E-state index contributed by atoms with van der Waals surface area (Å²) in [5.41, 5.74) is 2.51. The first-order chi connectivity index (χ1) is 13.7. The van der Waals surface area contributed by atoms with E-state index in [1.165, 1.54) is 43.2 Å². The highest BCUT2D eigenvalue weighted by molar-refractivity contribution is 5.35. The van der Waals surface area contributed by atoms with Crippen LogP contribution in [0.5, 0.6) is 0 Å². The number of nitrogens with zero attached hydrogens (tertiary/aromatic N) is 3. The maximum atomic E-state index is 9.19. The van der Waals surface area contributed by atoms with E-state index in [9.17, 15) is 5.11 Å². The highest BCUT2D eigenvalue weighted by atomic mass is 16.5. The number of aromatic nitrogens is 2. The van der Waals surface area contributed by atoms with Crippen molar-refractivity contribution in [1.82, 2.24) is 15.0 Å². The Balaban J connectivity index is 1.53. The average Bonchev–Trinajstić information content (AvgIpc) is 3.38. The number of hydrogen-bond donors (Lipinski definition) is 1. The number of likely N-dealkylation sites (tertiary alicyclic amines) is 1. The lowest BCUT2D eigenvalue weighted by atomic mass is 9.78. The molecule has 1 N–H and O–H groups in total. The topological polar surface area (TPSA) is 62.4 Å². The fourth-order valence-corrected chi connectivity index (χ4v) is 5.10. The Kier molecular flexibility index (Phi) is 6.12. The first-order valence-electron chi connectivity index (χ1n) is 11.0. The predicted octanol–water partition coefficient (Wildman–Crippen LogP) is 4.37. The molecule has 1 aliphatic heterocycles. The second kappa shape index (κ2) is 8.75. The normalized spacial score (nSPS) is 22.6. The second-order valence-electron chi connectivity index (χ2n) is 8.65. The molecule has 0 amide bonds. The summed E-state index contributed by atoms with van der Waals surface area (Å²) in [5, 5.41) is 13.7. The number of rotatable bonds is 7. The molecule has 2 fully saturated rings. The third-order valence-corrected chi connectivity index (χ3v) is 6.74. The lowest BCUT2D eigenvalue weighted by Crippen LogP contribution is -2.39. The van der Waals surface area contributed by atoms with Crippen molar-refractivity contribution < 1.29 is 9.63 Å². The van der Waals surface area contributed by atoms with Gasteiger partial charge in [-0.3, -0.25) is 4.90 Å². The van der Waals surface area contributed by atoms with Crippen molar-refractivity contribution in [3.05, 3.63) is 47.1 Å². The van der Waals surface area contributed by atoms with Crippen LogP contribution in [0.15, 0.2) is 28.8 Å². The molecule has 0 unspecified atom stereocenters. The van der Waals surface area contributed by atoms with E-state index in [4.69, 9.17) is 9.51 Å². The molecule has 5 nitrogen and oxygen atoms in total. The third kappa shape index (κ3) is 4.01. The van der Waals surface area contributed by atoms with Gasteiger partial charge in [0.2, 0.25) is 5.89 Å². The highest BCUT2D eigenvalue weighted by Crippen LogP contribution is 2.45. The lowest BCUT2D eigenvalue weighted by molar-refractivity contribution is 0.110. The fraction of sp³-hybridized carbons (Fsp3) is 0.652. The molecule has 5 heteroatoms. The Morgan fingerprint density at radius 1 is 1.14 bits per heavy atom. The molecular formula is C23H33N3O2. The number of aryl methyl sites for hydroxylation is 1. The lowest BCUT2D eigenvalue weighted by Gasteiger charge is -2.34. The van der Waals surface area contributed by atoms with Crippen LogP contribution in [0.3, 0.4) is 0 Å². The molecule has 28 heavy (non-hydrogen) atoms. The molecule has 1 saturated heterocycles. The van der Waals surface area contributed by atoms with E-state index in [0.29, 0.717) is 6.04 Å². The van der Waals surface area contributed by atoms with Crippen LogP contribution in [0.25, 0.3) is 0 Å². The highest BCUT2D eigenvalue weighted by Gasteiger charge is 2.41. The van der Waals surface area contributed by atoms with Crippen LogP contribution in [0, 0.1) is 6.92 Å². The van der Waals surface area contributed by atoms with E-state index in [1.54, 1.807) is 0 Å². The molecule has 1 atom stereocenters. The summed E-state index contributed by atoms with van der Waals surface area (Å²) in [7, 11) is 0. The minimum atomic E-state index is -0.0896. The Hall–Kier alpha value is -1.72.